The topological polar surface area (TPSA) is 69.1 Å². The first-order valence-electron chi connectivity index (χ1n) is 5.93. The van der Waals surface area contributed by atoms with Crippen molar-refractivity contribution in [1.82, 2.24) is 4.90 Å². The van der Waals surface area contributed by atoms with Crippen molar-refractivity contribution in [3.63, 3.8) is 0 Å². The molecular formula is C12H11F3N4O. The molecule has 1 unspecified atom stereocenters. The van der Waals surface area contributed by atoms with Crippen molar-refractivity contribution in [3.8, 4) is 0 Å². The molecule has 20 heavy (non-hydrogen) atoms. The molecule has 1 aliphatic rings. The molecule has 1 aliphatic heterocycles. The second kappa shape index (κ2) is 5.83. The third-order valence-electron chi connectivity index (χ3n) is 3.15. The lowest BCUT2D eigenvalue weighted by molar-refractivity contribution is -0.128. The summed E-state index contributed by atoms with van der Waals surface area (Å²) < 4.78 is 39.8. The van der Waals surface area contributed by atoms with E-state index in [1.165, 1.54) is 4.90 Å². The number of likely N-dealkylation sites (tertiary alicyclic amines) is 1. The fourth-order valence-electron chi connectivity index (χ4n) is 2.20. The Morgan fingerprint density at radius 2 is 2.00 bits per heavy atom. The van der Waals surface area contributed by atoms with Gasteiger partial charge < -0.3 is 4.90 Å². The highest BCUT2D eigenvalue weighted by atomic mass is 19.1. The molecule has 1 amide bonds. The molecule has 0 bridgehead atoms. The van der Waals surface area contributed by atoms with Crippen LogP contribution in [0.5, 0.6) is 0 Å². The van der Waals surface area contributed by atoms with Gasteiger partial charge in [0, 0.05) is 42.1 Å². The van der Waals surface area contributed by atoms with Crippen LogP contribution >= 0.6 is 0 Å². The minimum Gasteiger partial charge on any atom is -0.338 e. The summed E-state index contributed by atoms with van der Waals surface area (Å²) >= 11 is 0. The van der Waals surface area contributed by atoms with Gasteiger partial charge in [-0.2, -0.15) is 0 Å². The maximum Gasteiger partial charge on any atom is 0.223 e. The third-order valence-corrected chi connectivity index (χ3v) is 3.15. The van der Waals surface area contributed by atoms with Gasteiger partial charge in [0.05, 0.1) is 6.54 Å². The molecule has 2 rings (SSSR count). The van der Waals surface area contributed by atoms with Gasteiger partial charge in [-0.1, -0.05) is 5.11 Å². The van der Waals surface area contributed by atoms with Crippen LogP contribution in [-0.2, 0) is 11.3 Å². The number of azide groups is 1. The predicted molar refractivity (Wildman–Crippen MR) is 63.9 cm³/mol. The maximum atomic E-state index is 13.5. The molecule has 0 radical (unpaired) electrons. The highest BCUT2D eigenvalue weighted by Gasteiger charge is 2.30. The van der Waals surface area contributed by atoms with Crippen LogP contribution in [0.25, 0.3) is 10.4 Å². The van der Waals surface area contributed by atoms with Crippen LogP contribution in [-0.4, -0.2) is 23.9 Å². The number of hydrogen-bond acceptors (Lipinski definition) is 2. The number of rotatable bonds is 4. The van der Waals surface area contributed by atoms with Gasteiger partial charge in [0.15, 0.2) is 0 Å². The molecule has 0 N–H and O–H groups in total. The standard InChI is InChI=1S/C12H11F3N4O/c13-8-2-10(14)9(11(15)3-8)6-19-5-7(1-12(19)20)4-17-18-16/h2-3,7H,1,4-6H2. The molecule has 0 aromatic heterocycles. The lowest BCUT2D eigenvalue weighted by atomic mass is 10.1. The molecule has 1 saturated heterocycles. The van der Waals surface area contributed by atoms with E-state index in [1.807, 2.05) is 0 Å². The van der Waals surface area contributed by atoms with Gasteiger partial charge in [0.2, 0.25) is 5.91 Å². The zero-order valence-corrected chi connectivity index (χ0v) is 10.4. The Morgan fingerprint density at radius 3 is 2.60 bits per heavy atom. The van der Waals surface area contributed by atoms with Crippen LogP contribution in [0.1, 0.15) is 12.0 Å². The molecule has 0 saturated carbocycles. The Bertz CT molecular complexity index is 563. The SMILES string of the molecule is [N-]=[N+]=NCC1CC(=O)N(Cc2c(F)cc(F)cc2F)C1. The molecule has 1 aromatic carbocycles. The summed E-state index contributed by atoms with van der Waals surface area (Å²) in [6, 6.07) is 1.16. The van der Waals surface area contributed by atoms with Crippen molar-refractivity contribution in [3.05, 3.63) is 45.6 Å². The molecule has 5 nitrogen and oxygen atoms in total. The zero-order chi connectivity index (χ0) is 14.7. The van der Waals surface area contributed by atoms with E-state index in [0.717, 1.165) is 0 Å². The van der Waals surface area contributed by atoms with Crippen molar-refractivity contribution in [2.45, 2.75) is 13.0 Å². The average Bonchev–Trinajstić information content (AvgIpc) is 2.72. The highest BCUT2D eigenvalue weighted by molar-refractivity contribution is 5.78. The summed E-state index contributed by atoms with van der Waals surface area (Å²) in [5.41, 5.74) is 7.87. The smallest absolute Gasteiger partial charge is 0.223 e. The Morgan fingerprint density at radius 1 is 1.35 bits per heavy atom. The summed E-state index contributed by atoms with van der Waals surface area (Å²) in [5.74, 6) is -3.48. The van der Waals surface area contributed by atoms with Gasteiger partial charge in [-0.3, -0.25) is 4.79 Å². The molecule has 8 heteroatoms. The van der Waals surface area contributed by atoms with E-state index in [0.29, 0.717) is 12.1 Å². The highest BCUT2D eigenvalue weighted by Crippen LogP contribution is 2.23. The number of amides is 1. The van der Waals surface area contributed by atoms with Gasteiger partial charge in [-0.05, 0) is 11.4 Å². The summed E-state index contributed by atoms with van der Waals surface area (Å²) in [7, 11) is 0. The summed E-state index contributed by atoms with van der Waals surface area (Å²) in [5, 5.41) is 3.38. The van der Waals surface area contributed by atoms with E-state index in [1.54, 1.807) is 0 Å². The third kappa shape index (κ3) is 3.03. The first-order valence-corrected chi connectivity index (χ1v) is 5.93. The van der Waals surface area contributed by atoms with Gasteiger partial charge in [-0.25, -0.2) is 13.2 Å². The maximum absolute atomic E-state index is 13.5. The normalized spacial score (nSPS) is 18.2. The Kier molecular flexibility index (Phi) is 4.14. The molecule has 1 atom stereocenters. The van der Waals surface area contributed by atoms with Gasteiger partial charge >= 0.3 is 0 Å². The van der Waals surface area contributed by atoms with E-state index in [-0.39, 0.29) is 43.4 Å². The van der Waals surface area contributed by atoms with E-state index in [2.05, 4.69) is 10.0 Å². The quantitative estimate of drug-likeness (QED) is 0.476. The second-order valence-corrected chi connectivity index (χ2v) is 4.61. The molecule has 0 spiro atoms. The summed E-state index contributed by atoms with van der Waals surface area (Å²) in [4.78, 5) is 15.6. The second-order valence-electron chi connectivity index (χ2n) is 4.61. The van der Waals surface area contributed by atoms with E-state index in [4.69, 9.17) is 5.53 Å². The fourth-order valence-corrected chi connectivity index (χ4v) is 2.20. The Balaban J connectivity index is 2.11. The largest absolute Gasteiger partial charge is 0.338 e. The molecule has 1 aromatic rings. The number of carbonyl (C=O) groups excluding carboxylic acids is 1. The average molecular weight is 284 g/mol. The van der Waals surface area contributed by atoms with E-state index in [9.17, 15) is 18.0 Å². The predicted octanol–water partition coefficient (Wildman–Crippen LogP) is 2.76. The molecule has 0 aliphatic carbocycles. The van der Waals surface area contributed by atoms with Crippen molar-refractivity contribution in [2.24, 2.45) is 11.0 Å². The Hall–Kier alpha value is -2.21. The first kappa shape index (κ1) is 14.2. The number of benzene rings is 1. The van der Waals surface area contributed by atoms with E-state index >= 15 is 0 Å². The fraction of sp³-hybridized carbons (Fsp3) is 0.417. The molecule has 106 valence electrons. The lowest BCUT2D eigenvalue weighted by Gasteiger charge is -2.17. The van der Waals surface area contributed by atoms with Gasteiger partial charge in [0.25, 0.3) is 0 Å². The van der Waals surface area contributed by atoms with Gasteiger partial charge in [0.1, 0.15) is 17.5 Å². The van der Waals surface area contributed by atoms with Crippen molar-refractivity contribution < 1.29 is 18.0 Å². The van der Waals surface area contributed by atoms with Crippen LogP contribution in [0, 0.1) is 23.4 Å². The van der Waals surface area contributed by atoms with Crippen LogP contribution in [0.2, 0.25) is 0 Å². The van der Waals surface area contributed by atoms with Crippen molar-refractivity contribution >= 4 is 5.91 Å². The molecule has 1 fully saturated rings. The monoisotopic (exact) mass is 284 g/mol. The van der Waals surface area contributed by atoms with Crippen molar-refractivity contribution in [1.29, 1.82) is 0 Å². The van der Waals surface area contributed by atoms with Crippen molar-refractivity contribution in [2.75, 3.05) is 13.1 Å². The minimum absolute atomic E-state index is 0.160. The number of halogens is 3. The number of nitrogens with zero attached hydrogens (tertiary/aromatic N) is 4. The summed E-state index contributed by atoms with van der Waals surface area (Å²) in [6.45, 7) is 0.158. The van der Waals surface area contributed by atoms with Crippen LogP contribution in [0.3, 0.4) is 0 Å². The first-order chi connectivity index (χ1) is 9.51. The van der Waals surface area contributed by atoms with Crippen LogP contribution in [0.15, 0.2) is 17.2 Å². The molecular weight excluding hydrogens is 273 g/mol. The zero-order valence-electron chi connectivity index (χ0n) is 10.4. The summed E-state index contributed by atoms with van der Waals surface area (Å²) in [6.07, 6.45) is 0.170. The minimum atomic E-state index is -1.02. The Labute approximate surface area is 112 Å². The number of carbonyl (C=O) groups is 1. The molecule has 1 heterocycles. The van der Waals surface area contributed by atoms with Crippen LogP contribution < -0.4 is 0 Å². The van der Waals surface area contributed by atoms with E-state index < -0.39 is 17.5 Å². The number of hydrogen-bond donors (Lipinski definition) is 0. The van der Waals surface area contributed by atoms with Gasteiger partial charge in [-0.15, -0.1) is 0 Å². The van der Waals surface area contributed by atoms with Crippen LogP contribution in [0.4, 0.5) is 13.2 Å². The lowest BCUT2D eigenvalue weighted by Crippen LogP contribution is -2.26.